The summed E-state index contributed by atoms with van der Waals surface area (Å²) in [6.45, 7) is 5.78. The molecule has 1 aliphatic carbocycles. The summed E-state index contributed by atoms with van der Waals surface area (Å²) >= 11 is 0. The molecule has 2 fully saturated rings. The van der Waals surface area contributed by atoms with E-state index >= 15 is 0 Å². The molecule has 0 bridgehead atoms. The Morgan fingerprint density at radius 2 is 2.33 bits per heavy atom. The summed E-state index contributed by atoms with van der Waals surface area (Å²) in [6.07, 6.45) is 4.16. The SMILES string of the molecule is CCC1CC1N1CCC(CN)C1. The van der Waals surface area contributed by atoms with Gasteiger partial charge in [-0.3, -0.25) is 4.90 Å². The van der Waals surface area contributed by atoms with Gasteiger partial charge in [-0.1, -0.05) is 13.3 Å². The molecule has 0 aromatic carbocycles. The lowest BCUT2D eigenvalue weighted by atomic mass is 10.1. The van der Waals surface area contributed by atoms with Crippen molar-refractivity contribution in [1.82, 2.24) is 4.90 Å². The van der Waals surface area contributed by atoms with Gasteiger partial charge in [0.05, 0.1) is 0 Å². The van der Waals surface area contributed by atoms with Crippen LogP contribution in [0.4, 0.5) is 0 Å². The fourth-order valence-electron chi connectivity index (χ4n) is 2.47. The van der Waals surface area contributed by atoms with E-state index in [-0.39, 0.29) is 0 Å². The van der Waals surface area contributed by atoms with Crippen LogP contribution in [0.5, 0.6) is 0 Å². The van der Waals surface area contributed by atoms with E-state index in [1.54, 1.807) is 0 Å². The lowest BCUT2D eigenvalue weighted by Crippen LogP contribution is -2.26. The zero-order valence-electron chi connectivity index (χ0n) is 8.00. The number of nitrogens with two attached hydrogens (primary N) is 1. The summed E-state index contributed by atoms with van der Waals surface area (Å²) < 4.78 is 0. The molecule has 0 radical (unpaired) electrons. The maximum atomic E-state index is 5.66. The van der Waals surface area contributed by atoms with Crippen molar-refractivity contribution < 1.29 is 0 Å². The van der Waals surface area contributed by atoms with Crippen LogP contribution in [0.3, 0.4) is 0 Å². The maximum Gasteiger partial charge on any atom is 0.0127 e. The van der Waals surface area contributed by atoms with Gasteiger partial charge in [0.15, 0.2) is 0 Å². The highest BCUT2D eigenvalue weighted by Gasteiger charge is 2.42. The summed E-state index contributed by atoms with van der Waals surface area (Å²) in [7, 11) is 0. The molecule has 1 aliphatic heterocycles. The van der Waals surface area contributed by atoms with Crippen molar-refractivity contribution in [3.63, 3.8) is 0 Å². The van der Waals surface area contributed by atoms with Gasteiger partial charge in [-0.2, -0.15) is 0 Å². The van der Waals surface area contributed by atoms with E-state index in [1.807, 2.05) is 0 Å². The van der Waals surface area contributed by atoms with Crippen LogP contribution in [0.15, 0.2) is 0 Å². The van der Waals surface area contributed by atoms with Gasteiger partial charge >= 0.3 is 0 Å². The minimum absolute atomic E-state index is 0.795. The maximum absolute atomic E-state index is 5.66. The van der Waals surface area contributed by atoms with Crippen molar-refractivity contribution in [2.75, 3.05) is 19.6 Å². The Hall–Kier alpha value is -0.0800. The molecule has 2 nitrogen and oxygen atoms in total. The fourth-order valence-corrected chi connectivity index (χ4v) is 2.47. The molecule has 0 spiro atoms. The second-order valence-corrected chi connectivity index (χ2v) is 4.36. The van der Waals surface area contributed by atoms with Crippen LogP contribution in [0.1, 0.15) is 26.2 Å². The van der Waals surface area contributed by atoms with Crippen molar-refractivity contribution in [3.8, 4) is 0 Å². The predicted octanol–water partition coefficient (Wildman–Crippen LogP) is 1.07. The van der Waals surface area contributed by atoms with Crippen molar-refractivity contribution in [1.29, 1.82) is 0 Å². The van der Waals surface area contributed by atoms with Crippen molar-refractivity contribution in [3.05, 3.63) is 0 Å². The van der Waals surface area contributed by atoms with Gasteiger partial charge < -0.3 is 5.73 Å². The van der Waals surface area contributed by atoms with E-state index in [9.17, 15) is 0 Å². The molecule has 1 saturated heterocycles. The van der Waals surface area contributed by atoms with Crippen LogP contribution < -0.4 is 5.73 Å². The topological polar surface area (TPSA) is 29.3 Å². The van der Waals surface area contributed by atoms with Crippen LogP contribution in [-0.2, 0) is 0 Å². The number of nitrogens with zero attached hydrogens (tertiary/aromatic N) is 1. The zero-order chi connectivity index (χ0) is 8.55. The molecule has 3 atom stereocenters. The van der Waals surface area contributed by atoms with Gasteiger partial charge in [-0.15, -0.1) is 0 Å². The fraction of sp³-hybridized carbons (Fsp3) is 1.00. The average Bonchev–Trinajstić information content (AvgIpc) is 2.75. The van der Waals surface area contributed by atoms with Crippen LogP contribution in [0, 0.1) is 11.8 Å². The minimum atomic E-state index is 0.795. The third-order valence-corrected chi connectivity index (χ3v) is 3.53. The summed E-state index contributed by atoms with van der Waals surface area (Å²) in [5.41, 5.74) is 5.66. The Balaban J connectivity index is 1.77. The van der Waals surface area contributed by atoms with E-state index in [4.69, 9.17) is 5.73 Å². The van der Waals surface area contributed by atoms with Crippen molar-refractivity contribution in [2.24, 2.45) is 17.6 Å². The summed E-state index contributed by atoms with van der Waals surface area (Å²) in [4.78, 5) is 2.66. The van der Waals surface area contributed by atoms with Gasteiger partial charge in [0.2, 0.25) is 0 Å². The molecule has 3 unspecified atom stereocenters. The third-order valence-electron chi connectivity index (χ3n) is 3.53. The third kappa shape index (κ3) is 1.50. The van der Waals surface area contributed by atoms with E-state index in [0.717, 1.165) is 24.4 Å². The quantitative estimate of drug-likeness (QED) is 0.683. The Morgan fingerprint density at radius 3 is 2.83 bits per heavy atom. The van der Waals surface area contributed by atoms with Crippen LogP contribution >= 0.6 is 0 Å². The summed E-state index contributed by atoms with van der Waals surface area (Å²) in [5, 5.41) is 0. The summed E-state index contributed by atoms with van der Waals surface area (Å²) in [6, 6.07) is 0.937. The first kappa shape index (κ1) is 8.52. The monoisotopic (exact) mass is 168 g/mol. The van der Waals surface area contributed by atoms with Gasteiger partial charge in [-0.25, -0.2) is 0 Å². The highest BCUT2D eigenvalue weighted by molar-refractivity contribution is 4.96. The minimum Gasteiger partial charge on any atom is -0.330 e. The molecule has 2 N–H and O–H groups in total. The molecule has 12 heavy (non-hydrogen) atoms. The summed E-state index contributed by atoms with van der Waals surface area (Å²) in [5.74, 6) is 1.81. The number of hydrogen-bond donors (Lipinski definition) is 1. The number of hydrogen-bond acceptors (Lipinski definition) is 2. The van der Waals surface area contributed by atoms with E-state index in [2.05, 4.69) is 11.8 Å². The number of likely N-dealkylation sites (tertiary alicyclic amines) is 1. The first-order valence-electron chi connectivity index (χ1n) is 5.29. The molecular formula is C10H20N2. The van der Waals surface area contributed by atoms with Crippen LogP contribution in [0.2, 0.25) is 0 Å². The molecule has 0 amide bonds. The second-order valence-electron chi connectivity index (χ2n) is 4.36. The molecule has 2 heteroatoms. The molecule has 0 aromatic heterocycles. The molecule has 1 saturated carbocycles. The van der Waals surface area contributed by atoms with Gasteiger partial charge in [-0.05, 0) is 37.8 Å². The Morgan fingerprint density at radius 1 is 1.50 bits per heavy atom. The smallest absolute Gasteiger partial charge is 0.0127 e. The second kappa shape index (κ2) is 3.35. The van der Waals surface area contributed by atoms with E-state index in [0.29, 0.717) is 0 Å². The van der Waals surface area contributed by atoms with Crippen LogP contribution in [-0.4, -0.2) is 30.6 Å². The van der Waals surface area contributed by atoms with E-state index < -0.39 is 0 Å². The van der Waals surface area contributed by atoms with Crippen molar-refractivity contribution >= 4 is 0 Å². The molecular weight excluding hydrogens is 148 g/mol. The Bertz CT molecular complexity index is 158. The molecule has 1 heterocycles. The Kier molecular flexibility index (Phi) is 2.37. The zero-order valence-corrected chi connectivity index (χ0v) is 8.00. The van der Waals surface area contributed by atoms with Crippen molar-refractivity contribution in [2.45, 2.75) is 32.2 Å². The molecule has 0 aromatic rings. The average molecular weight is 168 g/mol. The normalized spacial score (nSPS) is 42.0. The highest BCUT2D eigenvalue weighted by Crippen LogP contribution is 2.40. The largest absolute Gasteiger partial charge is 0.330 e. The number of rotatable bonds is 3. The first-order valence-corrected chi connectivity index (χ1v) is 5.29. The molecule has 2 rings (SSSR count). The van der Waals surface area contributed by atoms with E-state index in [1.165, 1.54) is 32.4 Å². The standard InChI is InChI=1S/C10H20N2/c1-2-9-5-10(9)12-4-3-8(6-11)7-12/h8-10H,2-7,11H2,1H3. The van der Waals surface area contributed by atoms with Gasteiger partial charge in [0.1, 0.15) is 0 Å². The lowest BCUT2D eigenvalue weighted by Gasteiger charge is -2.15. The van der Waals surface area contributed by atoms with Gasteiger partial charge in [0, 0.05) is 12.6 Å². The Labute approximate surface area is 75.1 Å². The highest BCUT2D eigenvalue weighted by atomic mass is 15.2. The lowest BCUT2D eigenvalue weighted by molar-refractivity contribution is 0.299. The predicted molar refractivity (Wildman–Crippen MR) is 50.9 cm³/mol. The molecule has 2 aliphatic rings. The molecule has 70 valence electrons. The van der Waals surface area contributed by atoms with Gasteiger partial charge in [0.25, 0.3) is 0 Å². The first-order chi connectivity index (χ1) is 5.85. The van der Waals surface area contributed by atoms with Crippen LogP contribution in [0.25, 0.3) is 0 Å².